The number of hydrogen-bond donors (Lipinski definition) is 3. The van der Waals surface area contributed by atoms with Gasteiger partial charge >= 0.3 is 0 Å². The van der Waals surface area contributed by atoms with Crippen LogP contribution in [0.25, 0.3) is 0 Å². The van der Waals surface area contributed by atoms with Crippen molar-refractivity contribution in [1.29, 1.82) is 0 Å². The van der Waals surface area contributed by atoms with E-state index in [0.717, 1.165) is 4.90 Å². The predicted octanol–water partition coefficient (Wildman–Crippen LogP) is -0.713. The molecule has 3 N–H and O–H groups in total. The van der Waals surface area contributed by atoms with Gasteiger partial charge in [-0.25, -0.2) is 0 Å². The highest BCUT2D eigenvalue weighted by molar-refractivity contribution is 6.05. The van der Waals surface area contributed by atoms with Crippen LogP contribution in [0.1, 0.15) is 23.2 Å². The van der Waals surface area contributed by atoms with Crippen molar-refractivity contribution in [2.75, 3.05) is 13.1 Å². The number of benzene rings is 1. The van der Waals surface area contributed by atoms with E-state index in [0.29, 0.717) is 12.1 Å². The molecule has 7 nitrogen and oxygen atoms in total. The zero-order chi connectivity index (χ0) is 16.1. The minimum Gasteiger partial charge on any atom is -0.391 e. The molecule has 3 amide bonds. The first-order valence-corrected chi connectivity index (χ1v) is 7.00. The second kappa shape index (κ2) is 7.15. The summed E-state index contributed by atoms with van der Waals surface area (Å²) in [4.78, 5) is 34.4. The first-order chi connectivity index (χ1) is 10.5. The molecule has 1 aromatic carbocycles. The molecular formula is C15H18N2O5. The highest BCUT2D eigenvalue weighted by Gasteiger charge is 2.32. The Morgan fingerprint density at radius 1 is 1.09 bits per heavy atom. The quantitative estimate of drug-likeness (QED) is 0.594. The van der Waals surface area contributed by atoms with Gasteiger partial charge in [-0.15, -0.1) is 0 Å². The third kappa shape index (κ3) is 4.12. The zero-order valence-corrected chi connectivity index (χ0v) is 11.9. The summed E-state index contributed by atoms with van der Waals surface area (Å²) in [5.74, 6) is -0.694. The minimum absolute atomic E-state index is 0.0403. The normalized spacial score (nSPS) is 23.8. The van der Waals surface area contributed by atoms with E-state index in [1.165, 1.54) is 0 Å². The number of carbonyl (C=O) groups excluding carboxylic acids is 3. The number of aliphatic hydroxyl groups excluding tert-OH is 2. The van der Waals surface area contributed by atoms with Crippen molar-refractivity contribution in [1.82, 2.24) is 10.2 Å². The number of imide groups is 1. The SMILES string of the molecule is O=C1CC(O)CN1.O=C1CC(O)CN1C(=O)c1ccccc1. The molecule has 2 aliphatic heterocycles. The van der Waals surface area contributed by atoms with Gasteiger partial charge in [0.1, 0.15) is 0 Å². The monoisotopic (exact) mass is 306 g/mol. The third-order valence-corrected chi connectivity index (χ3v) is 3.33. The van der Waals surface area contributed by atoms with Gasteiger partial charge < -0.3 is 15.5 Å². The maximum Gasteiger partial charge on any atom is 0.260 e. The number of hydrogen-bond acceptors (Lipinski definition) is 5. The molecule has 0 spiro atoms. The van der Waals surface area contributed by atoms with Crippen LogP contribution in [0.4, 0.5) is 0 Å². The summed E-state index contributed by atoms with van der Waals surface area (Å²) in [5.41, 5.74) is 0.472. The van der Waals surface area contributed by atoms with Gasteiger partial charge in [0, 0.05) is 12.1 Å². The van der Waals surface area contributed by atoms with Crippen LogP contribution in [0.3, 0.4) is 0 Å². The maximum absolute atomic E-state index is 11.8. The number of likely N-dealkylation sites (tertiary alicyclic amines) is 1. The van der Waals surface area contributed by atoms with Gasteiger partial charge in [-0.05, 0) is 12.1 Å². The van der Waals surface area contributed by atoms with Gasteiger partial charge in [-0.1, -0.05) is 18.2 Å². The van der Waals surface area contributed by atoms with Crippen molar-refractivity contribution in [3.05, 3.63) is 35.9 Å². The van der Waals surface area contributed by atoms with Crippen molar-refractivity contribution in [3.8, 4) is 0 Å². The number of aliphatic hydroxyl groups is 2. The van der Waals surface area contributed by atoms with Crippen LogP contribution in [-0.2, 0) is 9.59 Å². The standard InChI is InChI=1S/C11H11NO3.C4H7NO2/c13-9-6-10(14)12(7-9)11(15)8-4-2-1-3-5-8;6-3-1-4(7)5-2-3/h1-5,9,13H,6-7H2;3,6H,1-2H2,(H,5,7). The summed E-state index contributed by atoms with van der Waals surface area (Å²) in [6.45, 7) is 0.533. The van der Waals surface area contributed by atoms with Crippen LogP contribution in [0.5, 0.6) is 0 Å². The number of rotatable bonds is 1. The van der Waals surface area contributed by atoms with Crippen molar-refractivity contribution >= 4 is 17.7 Å². The Hall–Kier alpha value is -2.25. The topological polar surface area (TPSA) is 107 Å². The van der Waals surface area contributed by atoms with Crippen LogP contribution < -0.4 is 5.32 Å². The Bertz CT molecular complexity index is 560. The van der Waals surface area contributed by atoms with Gasteiger partial charge in [0.05, 0.1) is 31.6 Å². The summed E-state index contributed by atoms with van der Waals surface area (Å²) in [5, 5.41) is 20.3. The van der Waals surface area contributed by atoms with E-state index in [9.17, 15) is 19.5 Å². The van der Waals surface area contributed by atoms with Gasteiger partial charge in [0.25, 0.3) is 5.91 Å². The molecule has 0 saturated carbocycles. The highest BCUT2D eigenvalue weighted by atomic mass is 16.3. The van der Waals surface area contributed by atoms with E-state index in [1.807, 2.05) is 0 Å². The van der Waals surface area contributed by atoms with Gasteiger partial charge in [-0.3, -0.25) is 19.3 Å². The van der Waals surface area contributed by atoms with Crippen molar-refractivity contribution in [2.45, 2.75) is 25.0 Å². The molecule has 2 unspecified atom stereocenters. The summed E-state index contributed by atoms with van der Waals surface area (Å²) >= 11 is 0. The van der Waals surface area contributed by atoms with E-state index < -0.39 is 12.2 Å². The van der Waals surface area contributed by atoms with E-state index >= 15 is 0 Å². The smallest absolute Gasteiger partial charge is 0.260 e. The number of nitrogens with one attached hydrogen (secondary N) is 1. The summed E-state index contributed by atoms with van der Waals surface area (Å²) < 4.78 is 0. The molecule has 0 bridgehead atoms. The predicted molar refractivity (Wildman–Crippen MR) is 76.7 cm³/mol. The van der Waals surface area contributed by atoms with Gasteiger partial charge in [0.15, 0.2) is 0 Å². The maximum atomic E-state index is 11.8. The lowest BCUT2D eigenvalue weighted by Gasteiger charge is -2.13. The molecule has 2 aliphatic rings. The molecule has 0 aliphatic carbocycles. The fourth-order valence-corrected chi connectivity index (χ4v) is 2.21. The average Bonchev–Trinajstić information content (AvgIpc) is 3.04. The second-order valence-corrected chi connectivity index (χ2v) is 5.20. The van der Waals surface area contributed by atoms with Crippen LogP contribution in [0, 0.1) is 0 Å². The number of nitrogens with zero attached hydrogens (tertiary/aromatic N) is 1. The fourth-order valence-electron chi connectivity index (χ4n) is 2.21. The summed E-state index contributed by atoms with van der Waals surface area (Å²) in [6.07, 6.45) is -0.837. The molecule has 1 aromatic rings. The van der Waals surface area contributed by atoms with Gasteiger partial charge in [0.2, 0.25) is 11.8 Å². The molecular weight excluding hydrogens is 288 g/mol. The van der Waals surface area contributed by atoms with Crippen LogP contribution in [-0.4, -0.2) is 58.1 Å². The van der Waals surface area contributed by atoms with E-state index in [-0.39, 0.29) is 37.1 Å². The first-order valence-electron chi connectivity index (χ1n) is 7.00. The molecule has 7 heteroatoms. The zero-order valence-electron chi connectivity index (χ0n) is 11.9. The van der Waals surface area contributed by atoms with Gasteiger partial charge in [-0.2, -0.15) is 0 Å². The molecule has 118 valence electrons. The molecule has 2 fully saturated rings. The second-order valence-electron chi connectivity index (χ2n) is 5.20. The van der Waals surface area contributed by atoms with Crippen molar-refractivity contribution in [3.63, 3.8) is 0 Å². The van der Waals surface area contributed by atoms with Crippen LogP contribution in [0.2, 0.25) is 0 Å². The summed E-state index contributed by atoms with van der Waals surface area (Å²) in [6, 6.07) is 8.59. The lowest BCUT2D eigenvalue weighted by Crippen LogP contribution is -2.32. The van der Waals surface area contributed by atoms with E-state index in [4.69, 9.17) is 5.11 Å². The Labute approximate surface area is 127 Å². The van der Waals surface area contributed by atoms with E-state index in [1.54, 1.807) is 30.3 Å². The molecule has 2 saturated heterocycles. The fraction of sp³-hybridized carbons (Fsp3) is 0.400. The number of β-amino-alcohol motifs (C(OH)–C–C–N with tert-alkyl or cyclic N) is 2. The van der Waals surface area contributed by atoms with Crippen molar-refractivity contribution < 1.29 is 24.6 Å². The minimum atomic E-state index is -0.717. The Balaban J connectivity index is 0.000000211. The molecule has 2 heterocycles. The molecule has 0 aromatic heterocycles. The third-order valence-electron chi connectivity index (χ3n) is 3.33. The number of amides is 3. The average molecular weight is 306 g/mol. The number of carbonyl (C=O) groups is 3. The van der Waals surface area contributed by atoms with Crippen molar-refractivity contribution in [2.24, 2.45) is 0 Å². The Morgan fingerprint density at radius 3 is 2.18 bits per heavy atom. The lowest BCUT2D eigenvalue weighted by atomic mass is 10.2. The highest BCUT2D eigenvalue weighted by Crippen LogP contribution is 2.14. The molecule has 2 atom stereocenters. The van der Waals surface area contributed by atoms with E-state index in [2.05, 4.69) is 5.32 Å². The first kappa shape index (κ1) is 16.1. The largest absolute Gasteiger partial charge is 0.391 e. The Kier molecular flexibility index (Phi) is 5.24. The molecule has 3 rings (SSSR count). The summed E-state index contributed by atoms with van der Waals surface area (Å²) in [7, 11) is 0. The molecule has 0 radical (unpaired) electrons. The van der Waals surface area contributed by atoms with Crippen LogP contribution in [0.15, 0.2) is 30.3 Å². The Morgan fingerprint density at radius 2 is 1.77 bits per heavy atom. The molecule has 22 heavy (non-hydrogen) atoms. The van der Waals surface area contributed by atoms with Crippen LogP contribution >= 0.6 is 0 Å². The lowest BCUT2D eigenvalue weighted by molar-refractivity contribution is -0.125.